The van der Waals surface area contributed by atoms with Crippen molar-refractivity contribution >= 4 is 22.5 Å². The molecule has 0 saturated carbocycles. The van der Waals surface area contributed by atoms with Gasteiger partial charge in [-0.25, -0.2) is 0 Å². The first-order valence-corrected chi connectivity index (χ1v) is 5.46. The Morgan fingerprint density at radius 1 is 1.24 bits per heavy atom. The molecule has 0 amide bonds. The Morgan fingerprint density at radius 3 is 2.53 bits per heavy atom. The zero-order valence-electron chi connectivity index (χ0n) is 8.98. The zero-order valence-corrected chi connectivity index (χ0v) is 9.73. The van der Waals surface area contributed by atoms with Crippen LogP contribution in [0.1, 0.15) is 18.2 Å². The number of benzene rings is 1. The Balaban J connectivity index is 2.68. The number of hydrogen-bond acceptors (Lipinski definition) is 1. The minimum Gasteiger partial charge on any atom is -0.253 e. The van der Waals surface area contributed by atoms with Crippen molar-refractivity contribution in [3.8, 4) is 0 Å². The molecular formula is C12H9ClF3N. The first kappa shape index (κ1) is 12.2. The summed E-state index contributed by atoms with van der Waals surface area (Å²) < 4.78 is 37.6. The van der Waals surface area contributed by atoms with Gasteiger partial charge in [0.2, 0.25) is 0 Å². The van der Waals surface area contributed by atoms with Gasteiger partial charge in [0.05, 0.1) is 16.1 Å². The molecule has 0 aliphatic rings. The smallest absolute Gasteiger partial charge is 0.253 e. The fourth-order valence-corrected chi connectivity index (χ4v) is 1.88. The van der Waals surface area contributed by atoms with E-state index in [2.05, 4.69) is 4.98 Å². The van der Waals surface area contributed by atoms with E-state index in [0.29, 0.717) is 22.5 Å². The van der Waals surface area contributed by atoms with Crippen LogP contribution in [0.2, 0.25) is 5.02 Å². The van der Waals surface area contributed by atoms with Crippen LogP contribution in [0.4, 0.5) is 13.2 Å². The average molecular weight is 260 g/mol. The zero-order chi connectivity index (χ0) is 12.6. The monoisotopic (exact) mass is 259 g/mol. The molecule has 1 aromatic carbocycles. The van der Waals surface area contributed by atoms with Gasteiger partial charge in [0.25, 0.3) is 0 Å². The molecule has 0 fully saturated rings. The standard InChI is InChI=1S/C12H9ClF3N/c1-2-8-6-10(13)9-4-3-7(12(14,15)16)5-11(9)17-8/h3-6H,2H2,1H3. The predicted molar refractivity (Wildman–Crippen MR) is 61.1 cm³/mol. The summed E-state index contributed by atoms with van der Waals surface area (Å²) in [5.74, 6) is 0. The van der Waals surface area contributed by atoms with Crippen LogP contribution in [0.5, 0.6) is 0 Å². The molecule has 1 aromatic heterocycles. The van der Waals surface area contributed by atoms with E-state index in [1.807, 2.05) is 6.92 Å². The molecule has 0 atom stereocenters. The summed E-state index contributed by atoms with van der Waals surface area (Å²) in [6.07, 6.45) is -3.73. The quantitative estimate of drug-likeness (QED) is 0.736. The summed E-state index contributed by atoms with van der Waals surface area (Å²) in [5.41, 5.74) is 0.257. The third-order valence-electron chi connectivity index (χ3n) is 2.50. The molecule has 90 valence electrons. The number of pyridine rings is 1. The molecule has 0 spiro atoms. The first-order valence-electron chi connectivity index (χ1n) is 5.08. The van der Waals surface area contributed by atoms with Crippen molar-refractivity contribution in [2.75, 3.05) is 0 Å². The molecular weight excluding hydrogens is 251 g/mol. The van der Waals surface area contributed by atoms with Crippen LogP contribution >= 0.6 is 11.6 Å². The number of nitrogens with zero attached hydrogens (tertiary/aromatic N) is 1. The molecule has 0 aliphatic carbocycles. The van der Waals surface area contributed by atoms with Gasteiger partial charge in [-0.05, 0) is 24.6 Å². The lowest BCUT2D eigenvalue weighted by atomic mass is 10.1. The van der Waals surface area contributed by atoms with Crippen molar-refractivity contribution in [1.29, 1.82) is 0 Å². The Hall–Kier alpha value is -1.29. The summed E-state index contributed by atoms with van der Waals surface area (Å²) in [5, 5.41) is 0.970. The van der Waals surface area contributed by atoms with Gasteiger partial charge in [-0.1, -0.05) is 24.6 Å². The molecule has 0 aliphatic heterocycles. The van der Waals surface area contributed by atoms with Crippen molar-refractivity contribution in [3.05, 3.63) is 40.5 Å². The van der Waals surface area contributed by atoms with Gasteiger partial charge < -0.3 is 0 Å². The van der Waals surface area contributed by atoms with Crippen molar-refractivity contribution in [1.82, 2.24) is 4.98 Å². The van der Waals surface area contributed by atoms with Crippen LogP contribution in [-0.4, -0.2) is 4.98 Å². The summed E-state index contributed by atoms with van der Waals surface area (Å²) >= 11 is 5.99. The normalized spacial score (nSPS) is 12.1. The number of alkyl halides is 3. The second kappa shape index (κ2) is 4.18. The van der Waals surface area contributed by atoms with Crippen LogP contribution in [0, 0.1) is 0 Å². The third-order valence-corrected chi connectivity index (χ3v) is 2.81. The number of hydrogen-bond donors (Lipinski definition) is 0. The maximum Gasteiger partial charge on any atom is 0.416 e. The van der Waals surface area contributed by atoms with Crippen LogP contribution in [0.15, 0.2) is 24.3 Å². The van der Waals surface area contributed by atoms with Gasteiger partial charge in [-0.3, -0.25) is 4.98 Å². The minimum absolute atomic E-state index is 0.282. The third kappa shape index (κ3) is 2.36. The fraction of sp³-hybridized carbons (Fsp3) is 0.250. The lowest BCUT2D eigenvalue weighted by molar-refractivity contribution is -0.137. The van der Waals surface area contributed by atoms with Crippen LogP contribution in [0.25, 0.3) is 10.9 Å². The Bertz CT molecular complexity index is 563. The fourth-order valence-electron chi connectivity index (χ4n) is 1.59. The van der Waals surface area contributed by atoms with Crippen molar-refractivity contribution in [2.24, 2.45) is 0 Å². The van der Waals surface area contributed by atoms with Gasteiger partial charge in [-0.15, -0.1) is 0 Å². The highest BCUT2D eigenvalue weighted by molar-refractivity contribution is 6.35. The van der Waals surface area contributed by atoms with E-state index >= 15 is 0 Å². The number of halogens is 4. The predicted octanol–water partition coefficient (Wildman–Crippen LogP) is 4.47. The number of aromatic nitrogens is 1. The number of fused-ring (bicyclic) bond motifs is 1. The highest BCUT2D eigenvalue weighted by Gasteiger charge is 2.30. The summed E-state index contributed by atoms with van der Waals surface area (Å²) in [6, 6.07) is 5.08. The van der Waals surface area contributed by atoms with E-state index in [9.17, 15) is 13.2 Å². The van der Waals surface area contributed by atoms with E-state index < -0.39 is 11.7 Å². The van der Waals surface area contributed by atoms with E-state index in [4.69, 9.17) is 11.6 Å². The molecule has 0 radical (unpaired) electrons. The molecule has 5 heteroatoms. The maximum absolute atomic E-state index is 12.5. The van der Waals surface area contributed by atoms with Gasteiger partial charge >= 0.3 is 6.18 Å². The first-order chi connectivity index (χ1) is 7.91. The summed E-state index contributed by atoms with van der Waals surface area (Å²) in [4.78, 5) is 4.14. The van der Waals surface area contributed by atoms with Crippen LogP contribution < -0.4 is 0 Å². The average Bonchev–Trinajstić information content (AvgIpc) is 2.27. The topological polar surface area (TPSA) is 12.9 Å². The van der Waals surface area contributed by atoms with Crippen LogP contribution in [0.3, 0.4) is 0 Å². The van der Waals surface area contributed by atoms with Crippen molar-refractivity contribution < 1.29 is 13.2 Å². The van der Waals surface area contributed by atoms with E-state index in [-0.39, 0.29) is 5.52 Å². The molecule has 17 heavy (non-hydrogen) atoms. The second-order valence-corrected chi connectivity index (χ2v) is 4.09. The Kier molecular flexibility index (Phi) is 3.00. The molecule has 0 saturated heterocycles. The van der Waals surface area contributed by atoms with Gasteiger partial charge in [0, 0.05) is 11.1 Å². The molecule has 2 rings (SSSR count). The maximum atomic E-state index is 12.5. The molecule has 2 aromatic rings. The van der Waals surface area contributed by atoms with Gasteiger partial charge in [-0.2, -0.15) is 13.2 Å². The van der Waals surface area contributed by atoms with Gasteiger partial charge in [0.1, 0.15) is 0 Å². The molecule has 0 N–H and O–H groups in total. The molecule has 0 unspecified atom stereocenters. The number of rotatable bonds is 1. The van der Waals surface area contributed by atoms with Crippen LogP contribution in [-0.2, 0) is 12.6 Å². The van der Waals surface area contributed by atoms with E-state index in [1.54, 1.807) is 6.07 Å². The minimum atomic E-state index is -4.36. The second-order valence-electron chi connectivity index (χ2n) is 3.68. The molecule has 1 nitrogen and oxygen atoms in total. The summed E-state index contributed by atoms with van der Waals surface area (Å²) in [7, 11) is 0. The van der Waals surface area contributed by atoms with Crippen molar-refractivity contribution in [3.63, 3.8) is 0 Å². The highest BCUT2D eigenvalue weighted by atomic mass is 35.5. The van der Waals surface area contributed by atoms with Gasteiger partial charge in [0.15, 0.2) is 0 Å². The largest absolute Gasteiger partial charge is 0.416 e. The Labute approximate surface area is 101 Å². The van der Waals surface area contributed by atoms with Crippen molar-refractivity contribution in [2.45, 2.75) is 19.5 Å². The number of aryl methyl sites for hydroxylation is 1. The lowest BCUT2D eigenvalue weighted by Gasteiger charge is -2.09. The van der Waals surface area contributed by atoms with E-state index in [0.717, 1.165) is 12.1 Å². The molecule has 1 heterocycles. The Morgan fingerprint density at radius 2 is 1.94 bits per heavy atom. The highest BCUT2D eigenvalue weighted by Crippen LogP contribution is 2.32. The van der Waals surface area contributed by atoms with E-state index in [1.165, 1.54) is 6.07 Å². The SMILES string of the molecule is CCc1cc(Cl)c2ccc(C(F)(F)F)cc2n1. The lowest BCUT2D eigenvalue weighted by Crippen LogP contribution is -2.04. The summed E-state index contributed by atoms with van der Waals surface area (Å²) in [6.45, 7) is 1.87. The molecule has 0 bridgehead atoms.